The summed E-state index contributed by atoms with van der Waals surface area (Å²) in [7, 11) is 0. The molecule has 0 aromatic heterocycles. The zero-order valence-corrected chi connectivity index (χ0v) is 11.9. The minimum Gasteiger partial charge on any atom is -0.362 e. The summed E-state index contributed by atoms with van der Waals surface area (Å²) in [6.07, 6.45) is 1.08. The standard InChI is InChI=1S/C11H15IN2S/c1-3-6-13-11(15)14-9-5-4-8(2)10(12)7-9/h4-5,7H,3,6H2,1-2H3,(H2,13,14,15). The van der Waals surface area contributed by atoms with E-state index in [4.69, 9.17) is 12.2 Å². The van der Waals surface area contributed by atoms with Gasteiger partial charge in [0, 0.05) is 15.8 Å². The molecule has 2 N–H and O–H groups in total. The lowest BCUT2D eigenvalue weighted by molar-refractivity contribution is 0.846. The molecule has 0 spiro atoms. The zero-order chi connectivity index (χ0) is 11.3. The quantitative estimate of drug-likeness (QED) is 0.655. The van der Waals surface area contributed by atoms with Crippen LogP contribution in [0, 0.1) is 10.5 Å². The second-order valence-electron chi connectivity index (χ2n) is 3.34. The molecular formula is C11H15IN2S. The van der Waals surface area contributed by atoms with Gasteiger partial charge in [-0.25, -0.2) is 0 Å². The fourth-order valence-corrected chi connectivity index (χ4v) is 1.82. The molecule has 0 aliphatic heterocycles. The van der Waals surface area contributed by atoms with Crippen molar-refractivity contribution >= 4 is 45.6 Å². The number of hydrogen-bond donors (Lipinski definition) is 2. The van der Waals surface area contributed by atoms with E-state index in [0.29, 0.717) is 5.11 Å². The lowest BCUT2D eigenvalue weighted by atomic mass is 10.2. The molecule has 15 heavy (non-hydrogen) atoms. The van der Waals surface area contributed by atoms with Crippen LogP contribution < -0.4 is 10.6 Å². The first-order valence-corrected chi connectivity index (χ1v) is 6.43. The maximum absolute atomic E-state index is 5.15. The molecule has 82 valence electrons. The van der Waals surface area contributed by atoms with Gasteiger partial charge in [-0.05, 0) is 65.8 Å². The van der Waals surface area contributed by atoms with E-state index in [2.05, 4.69) is 59.2 Å². The largest absolute Gasteiger partial charge is 0.362 e. The molecule has 0 amide bonds. The van der Waals surface area contributed by atoms with Gasteiger partial charge in [0.2, 0.25) is 0 Å². The van der Waals surface area contributed by atoms with Crippen molar-refractivity contribution in [3.63, 3.8) is 0 Å². The van der Waals surface area contributed by atoms with Crippen molar-refractivity contribution in [3.8, 4) is 0 Å². The molecule has 0 radical (unpaired) electrons. The maximum atomic E-state index is 5.15. The Labute approximate surface area is 110 Å². The highest BCUT2D eigenvalue weighted by molar-refractivity contribution is 14.1. The topological polar surface area (TPSA) is 24.1 Å². The second-order valence-corrected chi connectivity index (χ2v) is 4.92. The molecule has 0 bridgehead atoms. The van der Waals surface area contributed by atoms with Crippen LogP contribution in [0.5, 0.6) is 0 Å². The van der Waals surface area contributed by atoms with Crippen LogP contribution in [0.3, 0.4) is 0 Å². The minimum absolute atomic E-state index is 0.691. The Morgan fingerprint density at radius 1 is 1.47 bits per heavy atom. The number of rotatable bonds is 3. The van der Waals surface area contributed by atoms with Crippen LogP contribution in [-0.2, 0) is 0 Å². The van der Waals surface area contributed by atoms with Crippen LogP contribution in [0.25, 0.3) is 0 Å². The Kier molecular flexibility index (Phi) is 5.31. The van der Waals surface area contributed by atoms with Gasteiger partial charge in [0.25, 0.3) is 0 Å². The van der Waals surface area contributed by atoms with E-state index in [1.54, 1.807) is 0 Å². The third-order valence-corrected chi connectivity index (χ3v) is 3.37. The fourth-order valence-electron chi connectivity index (χ4n) is 1.08. The molecule has 0 fully saturated rings. The molecule has 0 aliphatic rings. The van der Waals surface area contributed by atoms with Gasteiger partial charge in [-0.1, -0.05) is 13.0 Å². The maximum Gasteiger partial charge on any atom is 0.170 e. The SMILES string of the molecule is CCCNC(=S)Nc1ccc(C)c(I)c1. The zero-order valence-electron chi connectivity index (χ0n) is 8.93. The van der Waals surface area contributed by atoms with E-state index in [1.165, 1.54) is 9.13 Å². The molecule has 2 nitrogen and oxygen atoms in total. The molecule has 0 aliphatic carbocycles. The van der Waals surface area contributed by atoms with Crippen molar-refractivity contribution in [3.05, 3.63) is 27.3 Å². The van der Waals surface area contributed by atoms with E-state index in [1.807, 2.05) is 6.07 Å². The van der Waals surface area contributed by atoms with E-state index in [9.17, 15) is 0 Å². The number of hydrogen-bond acceptors (Lipinski definition) is 1. The van der Waals surface area contributed by atoms with E-state index < -0.39 is 0 Å². The molecule has 1 aromatic rings. The van der Waals surface area contributed by atoms with Crippen LogP contribution in [0.4, 0.5) is 5.69 Å². The average Bonchev–Trinajstić information content (AvgIpc) is 2.20. The average molecular weight is 334 g/mol. The molecule has 1 aromatic carbocycles. The molecule has 1 rings (SSSR count). The highest BCUT2D eigenvalue weighted by Crippen LogP contribution is 2.16. The van der Waals surface area contributed by atoms with Gasteiger partial charge in [-0.3, -0.25) is 0 Å². The van der Waals surface area contributed by atoms with Gasteiger partial charge >= 0.3 is 0 Å². The lowest BCUT2D eigenvalue weighted by Crippen LogP contribution is -2.28. The summed E-state index contributed by atoms with van der Waals surface area (Å²) in [6, 6.07) is 6.22. The van der Waals surface area contributed by atoms with Crippen molar-refractivity contribution in [1.82, 2.24) is 5.32 Å². The molecule has 0 atom stereocenters. The summed E-state index contributed by atoms with van der Waals surface area (Å²) >= 11 is 7.47. The van der Waals surface area contributed by atoms with Crippen LogP contribution in [0.15, 0.2) is 18.2 Å². The number of thiocarbonyl (C=S) groups is 1. The smallest absolute Gasteiger partial charge is 0.170 e. The highest BCUT2D eigenvalue weighted by atomic mass is 127. The summed E-state index contributed by atoms with van der Waals surface area (Å²) < 4.78 is 1.25. The van der Waals surface area contributed by atoms with Gasteiger partial charge < -0.3 is 10.6 Å². The summed E-state index contributed by atoms with van der Waals surface area (Å²) in [4.78, 5) is 0. The third-order valence-electron chi connectivity index (χ3n) is 1.97. The first kappa shape index (κ1) is 12.7. The number of benzene rings is 1. The molecule has 0 heterocycles. The van der Waals surface area contributed by atoms with Crippen molar-refractivity contribution in [1.29, 1.82) is 0 Å². The van der Waals surface area contributed by atoms with Crippen LogP contribution in [0.1, 0.15) is 18.9 Å². The summed E-state index contributed by atoms with van der Waals surface area (Å²) in [5.74, 6) is 0. The van der Waals surface area contributed by atoms with Crippen molar-refractivity contribution in [2.24, 2.45) is 0 Å². The van der Waals surface area contributed by atoms with Gasteiger partial charge in [0.1, 0.15) is 0 Å². The molecule has 0 saturated heterocycles. The Hall–Kier alpha value is -0.360. The minimum atomic E-state index is 0.691. The van der Waals surface area contributed by atoms with Crippen LogP contribution >= 0.6 is 34.8 Å². The Morgan fingerprint density at radius 3 is 2.80 bits per heavy atom. The predicted molar refractivity (Wildman–Crippen MR) is 78.4 cm³/mol. The number of aryl methyl sites for hydroxylation is 1. The van der Waals surface area contributed by atoms with Crippen molar-refractivity contribution in [2.75, 3.05) is 11.9 Å². The fraction of sp³-hybridized carbons (Fsp3) is 0.364. The van der Waals surface area contributed by atoms with Gasteiger partial charge in [0.05, 0.1) is 0 Å². The lowest BCUT2D eigenvalue weighted by Gasteiger charge is -2.10. The highest BCUT2D eigenvalue weighted by Gasteiger charge is 1.99. The Morgan fingerprint density at radius 2 is 2.20 bits per heavy atom. The number of anilines is 1. The summed E-state index contributed by atoms with van der Waals surface area (Å²) in [5, 5.41) is 6.98. The first-order valence-electron chi connectivity index (χ1n) is 4.94. The van der Waals surface area contributed by atoms with Gasteiger partial charge in [0.15, 0.2) is 5.11 Å². The van der Waals surface area contributed by atoms with Gasteiger partial charge in [-0.15, -0.1) is 0 Å². The molecule has 0 saturated carbocycles. The second kappa shape index (κ2) is 6.27. The van der Waals surface area contributed by atoms with Crippen molar-refractivity contribution in [2.45, 2.75) is 20.3 Å². The third kappa shape index (κ3) is 4.34. The van der Waals surface area contributed by atoms with E-state index >= 15 is 0 Å². The predicted octanol–water partition coefficient (Wildman–Crippen LogP) is 3.30. The molecular weight excluding hydrogens is 319 g/mol. The summed E-state index contributed by atoms with van der Waals surface area (Å²) in [5.41, 5.74) is 2.33. The Balaban J connectivity index is 2.57. The first-order chi connectivity index (χ1) is 7.13. The summed E-state index contributed by atoms with van der Waals surface area (Å²) in [6.45, 7) is 5.12. The van der Waals surface area contributed by atoms with E-state index in [0.717, 1.165) is 18.7 Å². The van der Waals surface area contributed by atoms with E-state index in [-0.39, 0.29) is 0 Å². The normalized spacial score (nSPS) is 9.80. The van der Waals surface area contributed by atoms with Crippen LogP contribution in [0.2, 0.25) is 0 Å². The van der Waals surface area contributed by atoms with Crippen LogP contribution in [-0.4, -0.2) is 11.7 Å². The molecule has 4 heteroatoms. The van der Waals surface area contributed by atoms with Gasteiger partial charge in [-0.2, -0.15) is 0 Å². The monoisotopic (exact) mass is 334 g/mol. The molecule has 0 unspecified atom stereocenters. The number of nitrogens with one attached hydrogen (secondary N) is 2. The Bertz CT molecular complexity index is 352. The van der Waals surface area contributed by atoms with Crippen molar-refractivity contribution < 1.29 is 0 Å². The number of halogens is 1.